The van der Waals surface area contributed by atoms with Crippen LogP contribution in [0.25, 0.3) is 0 Å². The maximum absolute atomic E-state index is 11.1. The number of hydrogen-bond donors (Lipinski definition) is 1. The van der Waals surface area contributed by atoms with Crippen molar-refractivity contribution in [2.45, 2.75) is 12.5 Å². The SMILES string of the molecule is CC(O[PH](=O)O)(c1ccccc1)c1ccccc1. The van der Waals surface area contributed by atoms with Gasteiger partial charge in [0.05, 0.1) is 0 Å². The van der Waals surface area contributed by atoms with Crippen LogP contribution in [0.5, 0.6) is 0 Å². The first-order valence-corrected chi connectivity index (χ1v) is 6.92. The summed E-state index contributed by atoms with van der Waals surface area (Å²) in [5.41, 5.74) is 0.792. The summed E-state index contributed by atoms with van der Waals surface area (Å²) in [5, 5.41) is 0. The first-order valence-electron chi connectivity index (χ1n) is 5.66. The molecule has 0 bridgehead atoms. The zero-order valence-electron chi connectivity index (χ0n) is 10.0. The highest BCUT2D eigenvalue weighted by molar-refractivity contribution is 7.32. The fourth-order valence-corrected chi connectivity index (χ4v) is 2.56. The number of benzene rings is 2. The Kier molecular flexibility index (Phi) is 3.97. The van der Waals surface area contributed by atoms with Gasteiger partial charge < -0.3 is 4.89 Å². The molecule has 0 radical (unpaired) electrons. The second-order valence-electron chi connectivity index (χ2n) is 4.13. The van der Waals surface area contributed by atoms with E-state index in [4.69, 9.17) is 9.42 Å². The van der Waals surface area contributed by atoms with Crippen molar-refractivity contribution in [3.05, 3.63) is 71.8 Å². The van der Waals surface area contributed by atoms with Crippen LogP contribution >= 0.6 is 8.25 Å². The van der Waals surface area contributed by atoms with Gasteiger partial charge in [0, 0.05) is 0 Å². The van der Waals surface area contributed by atoms with Gasteiger partial charge in [-0.05, 0) is 18.1 Å². The molecule has 18 heavy (non-hydrogen) atoms. The maximum atomic E-state index is 11.1. The lowest BCUT2D eigenvalue weighted by Gasteiger charge is -2.29. The predicted octanol–water partition coefficient (Wildman–Crippen LogP) is 3.35. The Morgan fingerprint density at radius 2 is 1.33 bits per heavy atom. The molecule has 1 N–H and O–H groups in total. The molecule has 0 saturated carbocycles. The smallest absolute Gasteiger partial charge is 0.317 e. The molecule has 0 aliphatic heterocycles. The molecule has 0 saturated heterocycles. The average Bonchev–Trinajstić information content (AvgIpc) is 2.40. The normalized spacial score (nSPS) is 13.2. The first-order chi connectivity index (χ1) is 8.63. The molecule has 2 aromatic rings. The van der Waals surface area contributed by atoms with Gasteiger partial charge in [-0.1, -0.05) is 60.7 Å². The fourth-order valence-electron chi connectivity index (χ4n) is 1.97. The van der Waals surface area contributed by atoms with Crippen molar-refractivity contribution in [2.24, 2.45) is 0 Å². The third-order valence-electron chi connectivity index (χ3n) is 2.94. The van der Waals surface area contributed by atoms with E-state index in [1.54, 1.807) is 6.92 Å². The molecular formula is C14H15O3P. The Morgan fingerprint density at radius 1 is 0.944 bits per heavy atom. The highest BCUT2D eigenvalue weighted by atomic mass is 31.1. The summed E-state index contributed by atoms with van der Waals surface area (Å²) < 4.78 is 16.4. The van der Waals surface area contributed by atoms with E-state index >= 15 is 0 Å². The van der Waals surface area contributed by atoms with Crippen LogP contribution in [0.1, 0.15) is 18.1 Å². The van der Waals surface area contributed by atoms with Gasteiger partial charge in [-0.25, -0.2) is 0 Å². The summed E-state index contributed by atoms with van der Waals surface area (Å²) in [6.07, 6.45) is 0. The minimum absolute atomic E-state index is 0.851. The van der Waals surface area contributed by atoms with Crippen molar-refractivity contribution >= 4 is 8.25 Å². The van der Waals surface area contributed by atoms with Crippen LogP contribution in [0, 0.1) is 0 Å². The van der Waals surface area contributed by atoms with Crippen LogP contribution < -0.4 is 0 Å². The van der Waals surface area contributed by atoms with Gasteiger partial charge in [-0.15, -0.1) is 0 Å². The Morgan fingerprint density at radius 3 is 1.67 bits per heavy atom. The number of hydrogen-bond acceptors (Lipinski definition) is 2. The van der Waals surface area contributed by atoms with Crippen LogP contribution in [-0.4, -0.2) is 4.89 Å². The van der Waals surface area contributed by atoms with Crippen LogP contribution in [0.3, 0.4) is 0 Å². The lowest BCUT2D eigenvalue weighted by atomic mass is 9.88. The van der Waals surface area contributed by atoms with Crippen molar-refractivity contribution in [1.82, 2.24) is 0 Å². The molecule has 0 heterocycles. The lowest BCUT2D eigenvalue weighted by Crippen LogP contribution is -2.24. The third-order valence-corrected chi connectivity index (χ3v) is 3.52. The van der Waals surface area contributed by atoms with Gasteiger partial charge in [0.15, 0.2) is 0 Å². The molecule has 0 fully saturated rings. The van der Waals surface area contributed by atoms with Crippen molar-refractivity contribution in [1.29, 1.82) is 0 Å². The summed E-state index contributed by atoms with van der Waals surface area (Å²) in [6, 6.07) is 18.9. The van der Waals surface area contributed by atoms with E-state index in [0.717, 1.165) is 11.1 Å². The average molecular weight is 262 g/mol. The topological polar surface area (TPSA) is 46.5 Å². The molecular weight excluding hydrogens is 247 g/mol. The summed E-state index contributed by atoms with van der Waals surface area (Å²) in [6.45, 7) is 1.80. The van der Waals surface area contributed by atoms with E-state index in [0.29, 0.717) is 0 Å². The standard InChI is InChI=1S/C14H15O3P/c1-14(17-18(15)16,12-8-4-2-5-9-12)13-10-6-3-7-11-13/h2-11,18H,1H3,(H,15,16). The zero-order chi connectivity index (χ0) is 13.0. The highest BCUT2D eigenvalue weighted by Gasteiger charge is 2.31. The monoisotopic (exact) mass is 262 g/mol. The van der Waals surface area contributed by atoms with Crippen LogP contribution in [0.4, 0.5) is 0 Å². The van der Waals surface area contributed by atoms with Crippen LogP contribution in [0.15, 0.2) is 60.7 Å². The van der Waals surface area contributed by atoms with Crippen molar-refractivity contribution in [3.63, 3.8) is 0 Å². The molecule has 1 unspecified atom stereocenters. The minimum Gasteiger partial charge on any atom is -0.326 e. The molecule has 0 spiro atoms. The molecule has 0 aromatic heterocycles. The first kappa shape index (κ1) is 13.0. The molecule has 94 valence electrons. The Hall–Kier alpha value is -1.41. The lowest BCUT2D eigenvalue weighted by molar-refractivity contribution is 0.124. The maximum Gasteiger partial charge on any atom is 0.317 e. The van der Waals surface area contributed by atoms with E-state index < -0.39 is 13.9 Å². The molecule has 3 nitrogen and oxygen atoms in total. The van der Waals surface area contributed by atoms with Gasteiger partial charge in [-0.3, -0.25) is 9.09 Å². The molecule has 0 aliphatic rings. The molecule has 4 heteroatoms. The predicted molar refractivity (Wildman–Crippen MR) is 71.6 cm³/mol. The zero-order valence-corrected chi connectivity index (χ0v) is 11.0. The summed E-state index contributed by atoms with van der Waals surface area (Å²) in [5.74, 6) is 0. The second kappa shape index (κ2) is 5.49. The van der Waals surface area contributed by atoms with Gasteiger partial charge in [0.2, 0.25) is 0 Å². The quantitative estimate of drug-likeness (QED) is 0.859. The van der Waals surface area contributed by atoms with E-state index in [9.17, 15) is 4.57 Å². The molecule has 0 aliphatic carbocycles. The highest BCUT2D eigenvalue weighted by Crippen LogP contribution is 2.39. The summed E-state index contributed by atoms with van der Waals surface area (Å²) in [4.78, 5) is 9.13. The summed E-state index contributed by atoms with van der Waals surface area (Å²) >= 11 is 0. The third kappa shape index (κ3) is 2.70. The van der Waals surface area contributed by atoms with Gasteiger partial charge in [-0.2, -0.15) is 0 Å². The number of rotatable bonds is 4. The second-order valence-corrected chi connectivity index (χ2v) is 4.87. The van der Waals surface area contributed by atoms with Crippen molar-refractivity contribution in [2.75, 3.05) is 0 Å². The Bertz CT molecular complexity index is 486. The van der Waals surface area contributed by atoms with Gasteiger partial charge in [0.1, 0.15) is 5.60 Å². The molecule has 1 atom stereocenters. The van der Waals surface area contributed by atoms with Gasteiger partial charge >= 0.3 is 8.25 Å². The van der Waals surface area contributed by atoms with Gasteiger partial charge in [0.25, 0.3) is 0 Å². The minimum atomic E-state index is -3.04. The molecule has 0 amide bonds. The van der Waals surface area contributed by atoms with Crippen molar-refractivity contribution in [3.8, 4) is 0 Å². The van der Waals surface area contributed by atoms with Crippen molar-refractivity contribution < 1.29 is 14.0 Å². The van der Waals surface area contributed by atoms with Crippen LogP contribution in [0.2, 0.25) is 0 Å². The Balaban J connectivity index is 2.51. The fraction of sp³-hybridized carbons (Fsp3) is 0.143. The van der Waals surface area contributed by atoms with E-state index in [2.05, 4.69) is 0 Å². The Labute approximate surface area is 107 Å². The molecule has 2 aromatic carbocycles. The summed E-state index contributed by atoms with van der Waals surface area (Å²) in [7, 11) is -3.04. The molecule has 2 rings (SSSR count). The van der Waals surface area contributed by atoms with E-state index in [1.807, 2.05) is 60.7 Å². The van der Waals surface area contributed by atoms with E-state index in [1.165, 1.54) is 0 Å². The van der Waals surface area contributed by atoms with E-state index in [-0.39, 0.29) is 0 Å². The van der Waals surface area contributed by atoms with Crippen LogP contribution in [-0.2, 0) is 14.7 Å². The largest absolute Gasteiger partial charge is 0.326 e.